The molecule has 0 aliphatic carbocycles. The second-order valence-corrected chi connectivity index (χ2v) is 7.62. The Kier molecular flexibility index (Phi) is 5.79. The molecule has 0 saturated heterocycles. The fraction of sp³-hybridized carbons (Fsp3) is 0.286. The standard InChI is InChI=1S/C21H21ClN4O3/c1-11(2)16-17(18(27)14-8-12(3)7-13(4)9-14)26(21(29)25-19(16)28)10-15-5-6-23-20(22)24-15/h5-9,11H,10H2,1-4H3,(H,25,28,29). The van der Waals surface area contributed by atoms with E-state index < -0.39 is 11.2 Å². The van der Waals surface area contributed by atoms with Crippen molar-refractivity contribution in [2.75, 3.05) is 0 Å². The zero-order valence-corrected chi connectivity index (χ0v) is 17.4. The minimum absolute atomic E-state index is 0.0244. The van der Waals surface area contributed by atoms with E-state index in [0.717, 1.165) is 11.1 Å². The molecule has 0 atom stereocenters. The first kappa shape index (κ1) is 20.7. The number of halogens is 1. The zero-order chi connectivity index (χ0) is 21.3. The summed E-state index contributed by atoms with van der Waals surface area (Å²) in [5.74, 6) is -0.659. The number of aromatic nitrogens is 4. The van der Waals surface area contributed by atoms with Crippen LogP contribution in [-0.2, 0) is 6.54 Å². The summed E-state index contributed by atoms with van der Waals surface area (Å²) in [5.41, 5.74) is 1.78. The summed E-state index contributed by atoms with van der Waals surface area (Å²) in [6.45, 7) is 7.36. The van der Waals surface area contributed by atoms with Crippen LogP contribution < -0.4 is 11.2 Å². The number of ketones is 1. The Balaban J connectivity index is 2.28. The lowest BCUT2D eigenvalue weighted by molar-refractivity contribution is 0.102. The van der Waals surface area contributed by atoms with Crippen LogP contribution in [0.4, 0.5) is 0 Å². The van der Waals surface area contributed by atoms with Gasteiger partial charge in [-0.1, -0.05) is 31.0 Å². The van der Waals surface area contributed by atoms with Crippen LogP contribution in [0, 0.1) is 13.8 Å². The highest BCUT2D eigenvalue weighted by Crippen LogP contribution is 2.20. The molecule has 0 saturated carbocycles. The number of rotatable bonds is 5. The van der Waals surface area contributed by atoms with Crippen molar-refractivity contribution in [1.29, 1.82) is 0 Å². The number of benzene rings is 1. The number of aryl methyl sites for hydroxylation is 2. The van der Waals surface area contributed by atoms with Gasteiger partial charge < -0.3 is 0 Å². The number of carbonyl (C=O) groups is 1. The Morgan fingerprint density at radius 3 is 2.41 bits per heavy atom. The third kappa shape index (κ3) is 4.35. The number of H-pyrrole nitrogens is 1. The molecule has 3 rings (SSSR count). The maximum atomic E-state index is 13.5. The molecule has 0 bridgehead atoms. The molecule has 1 aromatic carbocycles. The molecule has 0 unspecified atom stereocenters. The molecular weight excluding hydrogens is 392 g/mol. The third-order valence-corrected chi connectivity index (χ3v) is 4.70. The lowest BCUT2D eigenvalue weighted by Crippen LogP contribution is -2.38. The number of carbonyl (C=O) groups excluding carboxylic acids is 1. The SMILES string of the molecule is Cc1cc(C)cc(C(=O)c2c(C(C)C)c(=O)[nH]c(=O)n2Cc2ccnc(Cl)n2)c1. The molecule has 29 heavy (non-hydrogen) atoms. The predicted octanol–water partition coefficient (Wildman–Crippen LogP) is 3.00. The van der Waals surface area contributed by atoms with Crippen molar-refractivity contribution in [3.8, 4) is 0 Å². The number of hydrogen-bond donors (Lipinski definition) is 1. The summed E-state index contributed by atoms with van der Waals surface area (Å²) in [6.07, 6.45) is 1.47. The third-order valence-electron chi connectivity index (χ3n) is 4.52. The molecule has 8 heteroatoms. The van der Waals surface area contributed by atoms with Gasteiger partial charge >= 0.3 is 5.69 Å². The molecule has 0 radical (unpaired) electrons. The van der Waals surface area contributed by atoms with E-state index in [1.165, 1.54) is 10.8 Å². The van der Waals surface area contributed by atoms with Crippen molar-refractivity contribution in [1.82, 2.24) is 19.5 Å². The van der Waals surface area contributed by atoms with Crippen molar-refractivity contribution in [3.63, 3.8) is 0 Å². The van der Waals surface area contributed by atoms with Gasteiger partial charge in [-0.3, -0.25) is 19.1 Å². The van der Waals surface area contributed by atoms with Gasteiger partial charge in [0.05, 0.1) is 12.2 Å². The predicted molar refractivity (Wildman–Crippen MR) is 111 cm³/mol. The second-order valence-electron chi connectivity index (χ2n) is 7.28. The number of aromatic amines is 1. The van der Waals surface area contributed by atoms with E-state index in [2.05, 4.69) is 15.0 Å². The van der Waals surface area contributed by atoms with Gasteiger partial charge in [0.1, 0.15) is 5.69 Å². The Hall–Kier alpha value is -3.06. The van der Waals surface area contributed by atoms with Gasteiger partial charge in [-0.15, -0.1) is 0 Å². The van der Waals surface area contributed by atoms with Crippen LogP contribution in [0.25, 0.3) is 0 Å². The molecule has 0 aliphatic heterocycles. The van der Waals surface area contributed by atoms with Crippen molar-refractivity contribution < 1.29 is 4.79 Å². The number of nitrogens with zero attached hydrogens (tertiary/aromatic N) is 3. The highest BCUT2D eigenvalue weighted by atomic mass is 35.5. The molecule has 0 fully saturated rings. The molecule has 2 aromatic heterocycles. The fourth-order valence-corrected chi connectivity index (χ4v) is 3.54. The number of nitrogens with one attached hydrogen (secondary N) is 1. The summed E-state index contributed by atoms with van der Waals surface area (Å²) < 4.78 is 1.25. The molecule has 1 N–H and O–H groups in total. The van der Waals surface area contributed by atoms with E-state index in [9.17, 15) is 14.4 Å². The van der Waals surface area contributed by atoms with Gasteiger partial charge in [0, 0.05) is 17.3 Å². The van der Waals surface area contributed by atoms with Crippen molar-refractivity contribution in [2.24, 2.45) is 0 Å². The number of hydrogen-bond acceptors (Lipinski definition) is 5. The van der Waals surface area contributed by atoms with Gasteiger partial charge in [0.25, 0.3) is 5.56 Å². The van der Waals surface area contributed by atoms with Crippen LogP contribution >= 0.6 is 11.6 Å². The van der Waals surface area contributed by atoms with Gasteiger partial charge in [-0.05, 0) is 49.6 Å². The highest BCUT2D eigenvalue weighted by molar-refractivity contribution is 6.28. The van der Waals surface area contributed by atoms with Crippen LogP contribution in [0.5, 0.6) is 0 Å². The molecule has 0 aliphatic rings. The molecular formula is C21H21ClN4O3. The van der Waals surface area contributed by atoms with Crippen LogP contribution in [0.15, 0.2) is 40.1 Å². The first-order valence-electron chi connectivity index (χ1n) is 9.14. The summed E-state index contributed by atoms with van der Waals surface area (Å²) in [6, 6.07) is 7.05. The topological polar surface area (TPSA) is 97.7 Å². The Bertz CT molecular complexity index is 1190. The monoisotopic (exact) mass is 412 g/mol. The van der Waals surface area contributed by atoms with Crippen molar-refractivity contribution >= 4 is 17.4 Å². The van der Waals surface area contributed by atoms with E-state index >= 15 is 0 Å². The summed E-state index contributed by atoms with van der Waals surface area (Å²) in [5, 5.41) is 0.0336. The minimum Gasteiger partial charge on any atom is -0.287 e. The molecule has 150 valence electrons. The van der Waals surface area contributed by atoms with Crippen molar-refractivity contribution in [2.45, 2.75) is 40.2 Å². The average molecular weight is 413 g/mol. The second kappa shape index (κ2) is 8.13. The lowest BCUT2D eigenvalue weighted by atomic mass is 9.95. The summed E-state index contributed by atoms with van der Waals surface area (Å²) in [4.78, 5) is 49.0. The van der Waals surface area contributed by atoms with E-state index in [0.29, 0.717) is 11.3 Å². The lowest BCUT2D eigenvalue weighted by Gasteiger charge is -2.17. The van der Waals surface area contributed by atoms with Gasteiger partial charge in [-0.2, -0.15) is 0 Å². The molecule has 0 amide bonds. The van der Waals surface area contributed by atoms with Gasteiger partial charge in [0.2, 0.25) is 11.1 Å². The normalized spacial score (nSPS) is 11.1. The minimum atomic E-state index is -0.679. The van der Waals surface area contributed by atoms with Crippen LogP contribution in [0.3, 0.4) is 0 Å². The molecule has 0 spiro atoms. The molecule has 3 aromatic rings. The summed E-state index contributed by atoms with van der Waals surface area (Å²) in [7, 11) is 0. The fourth-order valence-electron chi connectivity index (χ4n) is 3.38. The van der Waals surface area contributed by atoms with E-state index in [-0.39, 0.29) is 34.8 Å². The van der Waals surface area contributed by atoms with Crippen LogP contribution in [0.2, 0.25) is 5.28 Å². The molecule has 7 nitrogen and oxygen atoms in total. The van der Waals surface area contributed by atoms with Gasteiger partial charge in [-0.25, -0.2) is 14.8 Å². The largest absolute Gasteiger partial charge is 0.329 e. The van der Waals surface area contributed by atoms with Gasteiger partial charge in [0.15, 0.2) is 0 Å². The van der Waals surface area contributed by atoms with E-state index in [4.69, 9.17) is 11.6 Å². The maximum Gasteiger partial charge on any atom is 0.329 e. The van der Waals surface area contributed by atoms with Crippen LogP contribution in [-0.4, -0.2) is 25.3 Å². The van der Waals surface area contributed by atoms with E-state index in [1.807, 2.05) is 19.9 Å². The first-order chi connectivity index (χ1) is 13.7. The Labute approximate surface area is 172 Å². The van der Waals surface area contributed by atoms with Crippen molar-refractivity contribution in [3.05, 3.63) is 90.2 Å². The van der Waals surface area contributed by atoms with E-state index in [1.54, 1.807) is 32.0 Å². The first-order valence-corrected chi connectivity index (χ1v) is 9.52. The highest BCUT2D eigenvalue weighted by Gasteiger charge is 2.25. The maximum absolute atomic E-state index is 13.5. The zero-order valence-electron chi connectivity index (χ0n) is 16.6. The quantitative estimate of drug-likeness (QED) is 0.513. The Morgan fingerprint density at radius 1 is 1.17 bits per heavy atom. The summed E-state index contributed by atoms with van der Waals surface area (Å²) >= 11 is 5.86. The molecule has 2 heterocycles. The Morgan fingerprint density at radius 2 is 1.83 bits per heavy atom. The smallest absolute Gasteiger partial charge is 0.287 e. The van der Waals surface area contributed by atoms with Crippen LogP contribution in [0.1, 0.15) is 58.2 Å². The average Bonchev–Trinajstić information content (AvgIpc) is 2.62.